The first-order valence-electron chi connectivity index (χ1n) is 10.7. The summed E-state index contributed by atoms with van der Waals surface area (Å²) in [7, 11) is 0. The summed E-state index contributed by atoms with van der Waals surface area (Å²) in [5.74, 6) is -4.69. The van der Waals surface area contributed by atoms with Crippen molar-refractivity contribution in [1.29, 1.82) is 0 Å². The van der Waals surface area contributed by atoms with Gasteiger partial charge in [-0.25, -0.2) is 9.59 Å². The normalized spacial score (nSPS) is 25.3. The molecule has 2 heterocycles. The zero-order valence-electron chi connectivity index (χ0n) is 17.8. The van der Waals surface area contributed by atoms with E-state index in [1.165, 1.54) is 12.1 Å². The van der Waals surface area contributed by atoms with E-state index < -0.39 is 46.7 Å². The quantitative estimate of drug-likeness (QED) is 0.292. The molecule has 0 fully saturated rings. The van der Waals surface area contributed by atoms with Gasteiger partial charge < -0.3 is 29.9 Å². The van der Waals surface area contributed by atoms with Crippen molar-refractivity contribution in [1.82, 2.24) is 0 Å². The van der Waals surface area contributed by atoms with E-state index in [4.69, 9.17) is 9.47 Å². The summed E-state index contributed by atoms with van der Waals surface area (Å²) in [5, 5.41) is 44.7. The van der Waals surface area contributed by atoms with Gasteiger partial charge in [-0.15, -0.1) is 0 Å². The second-order valence-corrected chi connectivity index (χ2v) is 9.37. The Balaban J connectivity index is 1.76. The number of aryl methyl sites for hydroxylation is 2. The number of aliphatic hydroxyl groups is 1. The molecular weight excluding hydrogens is 444 g/mol. The van der Waals surface area contributed by atoms with Gasteiger partial charge in [-0.2, -0.15) is 0 Å². The number of fused-ring (bicyclic) bond motifs is 4. The summed E-state index contributed by atoms with van der Waals surface area (Å²) in [6.07, 6.45) is -1.42. The highest BCUT2D eigenvalue weighted by Gasteiger charge is 2.66. The Hall–Kier alpha value is -4.11. The van der Waals surface area contributed by atoms with Gasteiger partial charge in [0.1, 0.15) is 29.2 Å². The van der Waals surface area contributed by atoms with Crippen LogP contribution in [0.15, 0.2) is 12.1 Å². The Morgan fingerprint density at radius 3 is 2.29 bits per heavy atom. The largest absolute Gasteiger partial charge is 0.507 e. The number of aromatic hydroxyl groups is 3. The summed E-state index contributed by atoms with van der Waals surface area (Å²) in [5.41, 5.74) is -0.289. The molecule has 4 aliphatic rings. The molecule has 1 spiro atoms. The van der Waals surface area contributed by atoms with Crippen molar-refractivity contribution in [3.63, 3.8) is 0 Å². The summed E-state index contributed by atoms with van der Waals surface area (Å²) >= 11 is 0. The smallest absolute Gasteiger partial charge is 0.348 e. The van der Waals surface area contributed by atoms with Gasteiger partial charge in [-0.05, 0) is 53.6 Å². The van der Waals surface area contributed by atoms with Crippen molar-refractivity contribution < 1.29 is 44.3 Å². The molecule has 170 valence electrons. The number of phenols is 3. The van der Waals surface area contributed by atoms with Crippen molar-refractivity contribution in [2.24, 2.45) is 0 Å². The average molecular weight is 460 g/mol. The number of aliphatic hydroxyl groups excluding tert-OH is 1. The highest BCUT2D eigenvalue weighted by Crippen LogP contribution is 2.66. The number of carbonyl (C=O) groups excluding carboxylic acids is 3. The number of ketones is 1. The van der Waals surface area contributed by atoms with Crippen LogP contribution in [0, 0.1) is 13.8 Å². The lowest BCUT2D eigenvalue weighted by Crippen LogP contribution is -2.52. The number of esters is 2. The van der Waals surface area contributed by atoms with E-state index in [1.54, 1.807) is 13.8 Å². The van der Waals surface area contributed by atoms with Crippen molar-refractivity contribution in [2.45, 2.75) is 31.3 Å². The molecule has 2 bridgehead atoms. The third-order valence-corrected chi connectivity index (χ3v) is 7.81. The van der Waals surface area contributed by atoms with E-state index in [1.807, 2.05) is 0 Å². The van der Waals surface area contributed by atoms with Crippen molar-refractivity contribution >= 4 is 28.5 Å². The maximum atomic E-state index is 13.9. The van der Waals surface area contributed by atoms with Crippen LogP contribution >= 0.6 is 0 Å². The van der Waals surface area contributed by atoms with Crippen LogP contribution in [0.3, 0.4) is 0 Å². The summed E-state index contributed by atoms with van der Waals surface area (Å²) < 4.78 is 10.7. The van der Waals surface area contributed by atoms with E-state index in [0.29, 0.717) is 22.1 Å². The Morgan fingerprint density at radius 1 is 0.882 bits per heavy atom. The van der Waals surface area contributed by atoms with E-state index >= 15 is 0 Å². The monoisotopic (exact) mass is 460 g/mol. The number of phenolic OH excluding ortho intramolecular Hbond substituents is 3. The molecule has 2 aliphatic heterocycles. The molecule has 7 rings (SSSR count). The molecule has 34 heavy (non-hydrogen) atoms. The minimum Gasteiger partial charge on any atom is -0.507 e. The van der Waals surface area contributed by atoms with E-state index in [-0.39, 0.29) is 51.3 Å². The lowest BCUT2D eigenvalue weighted by Gasteiger charge is -2.43. The Labute approximate surface area is 190 Å². The van der Waals surface area contributed by atoms with E-state index in [9.17, 15) is 34.8 Å². The number of carbonyl (C=O) groups is 3. The second kappa shape index (κ2) is 5.51. The molecule has 9 nitrogen and oxygen atoms in total. The predicted molar refractivity (Wildman–Crippen MR) is 114 cm³/mol. The molecule has 0 radical (unpaired) electrons. The number of cyclic esters (lactones) is 1. The first-order chi connectivity index (χ1) is 16.1. The van der Waals surface area contributed by atoms with Crippen LogP contribution in [0.2, 0.25) is 0 Å². The summed E-state index contributed by atoms with van der Waals surface area (Å²) in [4.78, 5) is 39.1. The molecule has 4 N–H and O–H groups in total. The maximum Gasteiger partial charge on any atom is 0.348 e. The maximum absolute atomic E-state index is 13.9. The number of hydrogen-bond acceptors (Lipinski definition) is 9. The van der Waals surface area contributed by atoms with Gasteiger partial charge in [0.25, 0.3) is 0 Å². The Kier molecular flexibility index (Phi) is 3.14. The van der Waals surface area contributed by atoms with Crippen LogP contribution < -0.4 is 4.74 Å². The molecule has 3 atom stereocenters. The second-order valence-electron chi connectivity index (χ2n) is 9.37. The average Bonchev–Trinajstić information content (AvgIpc) is 3.19. The minimum absolute atomic E-state index is 0.108. The van der Waals surface area contributed by atoms with Crippen molar-refractivity contribution in [3.05, 3.63) is 56.6 Å². The molecule has 3 aromatic rings. The SMILES string of the molecule is Cc1cc(O)c2c3c1C(=O)[C@H]1c4c(c(O)c5c6c(c(O)cc(C)c46)C(=O)O5)[C@@]3(COC2=O)[C@@H]1O. The molecule has 0 amide bonds. The van der Waals surface area contributed by atoms with Crippen LogP contribution in [0.25, 0.3) is 10.8 Å². The number of ether oxygens (including phenoxy) is 2. The fraction of sp³-hybridized carbons (Fsp3) is 0.240. The topological polar surface area (TPSA) is 151 Å². The molecule has 9 heteroatoms. The van der Waals surface area contributed by atoms with E-state index in [0.717, 1.165) is 0 Å². The number of rotatable bonds is 0. The lowest BCUT2D eigenvalue weighted by molar-refractivity contribution is 0.00719. The molecule has 2 aliphatic carbocycles. The van der Waals surface area contributed by atoms with Crippen LogP contribution in [-0.4, -0.2) is 50.9 Å². The van der Waals surface area contributed by atoms with E-state index in [2.05, 4.69) is 0 Å². The fourth-order valence-electron chi connectivity index (χ4n) is 6.61. The Bertz CT molecular complexity index is 1620. The third kappa shape index (κ3) is 1.73. The standard InChI is InChI=1S/C25H16O9/c1-6-3-8(26)12-15-10(6)14-16-19(28)11-7(2)4-9(27)13-17(11)25(22(16)30,5-33-23(13)31)18(14)20(29)21(15)34-24(12)32/h3-4,16,22,26-27,29-30H,5H2,1-2H3/t16-,22-,25+/m1/s1. The molecular formula is C25H16O9. The van der Waals surface area contributed by atoms with Gasteiger partial charge in [-0.1, -0.05) is 0 Å². The zero-order valence-corrected chi connectivity index (χ0v) is 17.8. The minimum atomic E-state index is -1.57. The van der Waals surface area contributed by atoms with Gasteiger partial charge in [0.15, 0.2) is 17.3 Å². The van der Waals surface area contributed by atoms with Crippen LogP contribution in [0.5, 0.6) is 23.0 Å². The first kappa shape index (κ1) is 19.4. The summed E-state index contributed by atoms with van der Waals surface area (Å²) in [6, 6.07) is 2.68. The highest BCUT2D eigenvalue weighted by atomic mass is 16.5. The zero-order chi connectivity index (χ0) is 24.0. The molecule has 0 unspecified atom stereocenters. The van der Waals surface area contributed by atoms with Gasteiger partial charge in [0.05, 0.1) is 17.4 Å². The van der Waals surface area contributed by atoms with Gasteiger partial charge >= 0.3 is 11.9 Å². The highest BCUT2D eigenvalue weighted by molar-refractivity contribution is 6.21. The molecule has 0 saturated heterocycles. The molecule has 0 aromatic heterocycles. The number of hydrogen-bond donors (Lipinski definition) is 4. The molecule has 3 aromatic carbocycles. The number of Topliss-reactive ketones (excluding diaryl/α,β-unsaturated/α-hetero) is 1. The van der Waals surface area contributed by atoms with Gasteiger partial charge in [0, 0.05) is 16.5 Å². The molecule has 0 saturated carbocycles. The predicted octanol–water partition coefficient (Wildman–Crippen LogP) is 2.22. The first-order valence-corrected chi connectivity index (χ1v) is 10.7. The summed E-state index contributed by atoms with van der Waals surface area (Å²) in [6.45, 7) is 2.91. The van der Waals surface area contributed by atoms with Crippen LogP contribution in [0.4, 0.5) is 0 Å². The Morgan fingerprint density at radius 2 is 1.56 bits per heavy atom. The van der Waals surface area contributed by atoms with Gasteiger partial charge in [-0.3, -0.25) is 4.79 Å². The van der Waals surface area contributed by atoms with Crippen molar-refractivity contribution in [3.8, 4) is 23.0 Å². The number of benzene rings is 3. The van der Waals surface area contributed by atoms with Crippen LogP contribution in [-0.2, 0) is 10.2 Å². The lowest BCUT2D eigenvalue weighted by atomic mass is 9.63. The van der Waals surface area contributed by atoms with Crippen LogP contribution in [0.1, 0.15) is 64.8 Å². The van der Waals surface area contributed by atoms with Crippen molar-refractivity contribution in [2.75, 3.05) is 6.61 Å². The fourth-order valence-corrected chi connectivity index (χ4v) is 6.61. The third-order valence-electron chi connectivity index (χ3n) is 7.81. The van der Waals surface area contributed by atoms with Gasteiger partial charge in [0.2, 0.25) is 0 Å².